The highest BCUT2D eigenvalue weighted by atomic mass is 32.2. The van der Waals surface area contributed by atoms with Crippen LogP contribution in [0.15, 0.2) is 46.3 Å². The standard InChI is InChI=1S/C25H26N4O4S/c1-32-21-11-9-17(15-22(21)33-2)27-23(30)16-8-10-19-20(14-16)28-25(34-13-12-26)29(24(19)31)18-6-4-3-5-7-18/h8-11,14-15,18H,3-7,13H2,1-2H3,(H,27,30). The number of hydrogen-bond donors (Lipinski definition) is 1. The van der Waals surface area contributed by atoms with E-state index in [0.717, 1.165) is 25.7 Å². The third kappa shape index (κ3) is 4.87. The van der Waals surface area contributed by atoms with E-state index in [9.17, 15) is 9.59 Å². The fraction of sp³-hybridized carbons (Fsp3) is 0.360. The number of methoxy groups -OCH3 is 2. The molecule has 0 radical (unpaired) electrons. The molecule has 0 unspecified atom stereocenters. The molecular formula is C25H26N4O4S. The minimum atomic E-state index is -0.335. The summed E-state index contributed by atoms with van der Waals surface area (Å²) in [6, 6.07) is 12.2. The Hall–Kier alpha value is -3.51. The number of fused-ring (bicyclic) bond motifs is 1. The first kappa shape index (κ1) is 23.6. The average molecular weight is 479 g/mol. The Morgan fingerprint density at radius 1 is 1.15 bits per heavy atom. The van der Waals surface area contributed by atoms with Crippen LogP contribution in [0.3, 0.4) is 0 Å². The fourth-order valence-corrected chi connectivity index (χ4v) is 5.02. The largest absolute Gasteiger partial charge is 0.493 e. The third-order valence-corrected chi connectivity index (χ3v) is 6.80. The molecule has 0 spiro atoms. The van der Waals surface area contributed by atoms with Crippen LogP contribution in [-0.2, 0) is 0 Å². The normalized spacial score (nSPS) is 13.9. The number of benzene rings is 2. The highest BCUT2D eigenvalue weighted by molar-refractivity contribution is 7.99. The molecule has 1 amide bonds. The molecule has 4 rings (SSSR count). The van der Waals surface area contributed by atoms with Crippen molar-refractivity contribution in [1.29, 1.82) is 5.26 Å². The lowest BCUT2D eigenvalue weighted by Gasteiger charge is -2.26. The summed E-state index contributed by atoms with van der Waals surface area (Å²) in [5.74, 6) is 0.929. The maximum absolute atomic E-state index is 13.4. The Labute approximate surface area is 201 Å². The molecule has 1 saturated carbocycles. The van der Waals surface area contributed by atoms with Gasteiger partial charge in [-0.3, -0.25) is 14.2 Å². The molecule has 1 heterocycles. The summed E-state index contributed by atoms with van der Waals surface area (Å²) in [4.78, 5) is 31.0. The van der Waals surface area contributed by atoms with E-state index in [1.54, 1.807) is 48.1 Å². The van der Waals surface area contributed by atoms with Crippen molar-refractivity contribution < 1.29 is 14.3 Å². The molecule has 3 aromatic rings. The van der Waals surface area contributed by atoms with Gasteiger partial charge in [0.15, 0.2) is 16.7 Å². The van der Waals surface area contributed by atoms with Gasteiger partial charge in [-0.05, 0) is 43.2 Å². The number of nitrogens with zero attached hydrogens (tertiary/aromatic N) is 3. The van der Waals surface area contributed by atoms with E-state index in [2.05, 4.69) is 11.4 Å². The first-order valence-electron chi connectivity index (χ1n) is 11.1. The number of anilines is 1. The summed E-state index contributed by atoms with van der Waals surface area (Å²) in [6.07, 6.45) is 5.18. The van der Waals surface area contributed by atoms with Crippen LogP contribution in [0.5, 0.6) is 11.5 Å². The lowest BCUT2D eigenvalue weighted by Crippen LogP contribution is -2.29. The molecule has 1 aliphatic rings. The quantitative estimate of drug-likeness (QED) is 0.384. The molecule has 176 valence electrons. The van der Waals surface area contributed by atoms with Crippen LogP contribution < -0.4 is 20.3 Å². The predicted molar refractivity (Wildman–Crippen MR) is 132 cm³/mol. The SMILES string of the molecule is COc1ccc(NC(=O)c2ccc3c(=O)n(C4CCCCC4)c(SCC#N)nc3c2)cc1OC. The number of carbonyl (C=O) groups is 1. The lowest BCUT2D eigenvalue weighted by atomic mass is 9.95. The van der Waals surface area contributed by atoms with Gasteiger partial charge in [0, 0.05) is 23.4 Å². The van der Waals surface area contributed by atoms with Crippen molar-refractivity contribution in [3.05, 3.63) is 52.3 Å². The summed E-state index contributed by atoms with van der Waals surface area (Å²) in [5, 5.41) is 12.9. The lowest BCUT2D eigenvalue weighted by molar-refractivity contribution is 0.102. The predicted octanol–water partition coefficient (Wildman–Crippen LogP) is 4.79. The summed E-state index contributed by atoms with van der Waals surface area (Å²) in [5.41, 5.74) is 1.25. The van der Waals surface area contributed by atoms with Gasteiger partial charge < -0.3 is 14.8 Å². The van der Waals surface area contributed by atoms with Gasteiger partial charge in [-0.15, -0.1) is 0 Å². The number of ether oxygens (including phenoxy) is 2. The molecule has 2 aromatic carbocycles. The molecule has 0 saturated heterocycles. The number of hydrogen-bond acceptors (Lipinski definition) is 7. The molecule has 8 nitrogen and oxygen atoms in total. The first-order chi connectivity index (χ1) is 16.5. The Bertz CT molecular complexity index is 1310. The van der Waals surface area contributed by atoms with Crippen molar-refractivity contribution in [2.45, 2.75) is 43.3 Å². The van der Waals surface area contributed by atoms with E-state index >= 15 is 0 Å². The molecule has 9 heteroatoms. The van der Waals surface area contributed by atoms with Crippen molar-refractivity contribution in [2.75, 3.05) is 25.3 Å². The Kier molecular flexibility index (Phi) is 7.38. The van der Waals surface area contributed by atoms with E-state index < -0.39 is 0 Å². The topological polar surface area (TPSA) is 106 Å². The number of carbonyl (C=O) groups excluding carboxylic acids is 1. The second-order valence-corrected chi connectivity index (χ2v) is 9.01. The summed E-state index contributed by atoms with van der Waals surface area (Å²) < 4.78 is 12.3. The highest BCUT2D eigenvalue weighted by Crippen LogP contribution is 2.32. The minimum absolute atomic E-state index is 0.0902. The zero-order chi connectivity index (χ0) is 24.1. The Balaban J connectivity index is 1.68. The van der Waals surface area contributed by atoms with Crippen LogP contribution in [0.4, 0.5) is 5.69 Å². The highest BCUT2D eigenvalue weighted by Gasteiger charge is 2.22. The van der Waals surface area contributed by atoms with Gasteiger partial charge >= 0.3 is 0 Å². The smallest absolute Gasteiger partial charge is 0.262 e. The molecule has 0 bridgehead atoms. The van der Waals surface area contributed by atoms with Gasteiger partial charge in [-0.1, -0.05) is 31.0 Å². The van der Waals surface area contributed by atoms with E-state index in [4.69, 9.17) is 19.7 Å². The number of rotatable bonds is 7. The fourth-order valence-electron chi connectivity index (χ4n) is 4.30. The molecule has 1 aliphatic carbocycles. The molecule has 1 fully saturated rings. The second kappa shape index (κ2) is 10.6. The van der Waals surface area contributed by atoms with E-state index in [1.807, 2.05) is 0 Å². The maximum atomic E-state index is 13.4. The van der Waals surface area contributed by atoms with Crippen molar-refractivity contribution in [2.24, 2.45) is 0 Å². The monoisotopic (exact) mass is 478 g/mol. The molecule has 1 aromatic heterocycles. The van der Waals surface area contributed by atoms with Crippen LogP contribution in [0.25, 0.3) is 10.9 Å². The number of aromatic nitrogens is 2. The van der Waals surface area contributed by atoms with Crippen LogP contribution in [-0.4, -0.2) is 35.4 Å². The molecule has 0 aliphatic heterocycles. The number of amides is 1. The molecule has 34 heavy (non-hydrogen) atoms. The Morgan fingerprint density at radius 3 is 2.62 bits per heavy atom. The van der Waals surface area contributed by atoms with Crippen LogP contribution in [0.1, 0.15) is 48.5 Å². The summed E-state index contributed by atoms with van der Waals surface area (Å²) in [7, 11) is 3.07. The number of nitrogens with one attached hydrogen (secondary N) is 1. The van der Waals surface area contributed by atoms with Crippen molar-refractivity contribution in [3.63, 3.8) is 0 Å². The maximum Gasteiger partial charge on any atom is 0.262 e. The van der Waals surface area contributed by atoms with Gasteiger partial charge in [0.05, 0.1) is 36.9 Å². The van der Waals surface area contributed by atoms with Gasteiger partial charge in [-0.25, -0.2) is 4.98 Å². The van der Waals surface area contributed by atoms with Crippen molar-refractivity contribution in [1.82, 2.24) is 9.55 Å². The van der Waals surface area contributed by atoms with Crippen LogP contribution in [0, 0.1) is 11.3 Å². The van der Waals surface area contributed by atoms with E-state index in [0.29, 0.717) is 38.8 Å². The minimum Gasteiger partial charge on any atom is -0.493 e. The second-order valence-electron chi connectivity index (χ2n) is 8.06. The summed E-state index contributed by atoms with van der Waals surface area (Å²) in [6.45, 7) is 0. The molecule has 1 N–H and O–H groups in total. The van der Waals surface area contributed by atoms with Gasteiger partial charge in [0.1, 0.15) is 0 Å². The van der Waals surface area contributed by atoms with Gasteiger partial charge in [0.2, 0.25) is 0 Å². The first-order valence-corrected chi connectivity index (χ1v) is 12.1. The van der Waals surface area contributed by atoms with E-state index in [-0.39, 0.29) is 23.3 Å². The number of nitriles is 1. The van der Waals surface area contributed by atoms with Crippen LogP contribution in [0.2, 0.25) is 0 Å². The molecular weight excluding hydrogens is 452 g/mol. The molecule has 0 atom stereocenters. The summed E-state index contributed by atoms with van der Waals surface area (Å²) >= 11 is 1.26. The third-order valence-electron chi connectivity index (χ3n) is 5.98. The zero-order valence-electron chi connectivity index (χ0n) is 19.2. The Morgan fingerprint density at radius 2 is 1.91 bits per heavy atom. The van der Waals surface area contributed by atoms with Crippen molar-refractivity contribution >= 4 is 34.3 Å². The van der Waals surface area contributed by atoms with Crippen molar-refractivity contribution in [3.8, 4) is 17.6 Å². The van der Waals surface area contributed by atoms with Gasteiger partial charge in [0.25, 0.3) is 11.5 Å². The number of thioether (sulfide) groups is 1. The van der Waals surface area contributed by atoms with Crippen LogP contribution >= 0.6 is 11.8 Å². The average Bonchev–Trinajstić information content (AvgIpc) is 2.87. The van der Waals surface area contributed by atoms with Gasteiger partial charge in [-0.2, -0.15) is 5.26 Å². The zero-order valence-corrected chi connectivity index (χ0v) is 20.0. The van der Waals surface area contributed by atoms with E-state index in [1.165, 1.54) is 25.3 Å².